The van der Waals surface area contributed by atoms with Gasteiger partial charge in [0, 0.05) is 0 Å². The molecule has 72 valence electrons. The highest BCUT2D eigenvalue weighted by Crippen LogP contribution is 2.13. The first kappa shape index (κ1) is 10.3. The van der Waals surface area contributed by atoms with Crippen LogP contribution in [0.3, 0.4) is 0 Å². The van der Waals surface area contributed by atoms with Crippen LogP contribution in [0.5, 0.6) is 0 Å². The monoisotopic (exact) mass is 176 g/mol. The highest BCUT2D eigenvalue weighted by atomic mass is 14.0. The number of hydrogen-bond acceptors (Lipinski definition) is 0. The fraction of sp³-hybridized carbons (Fsp3) is 0.538. The average molecular weight is 176 g/mol. The van der Waals surface area contributed by atoms with Crippen molar-refractivity contribution < 1.29 is 0 Å². The number of hydrogen-bond donors (Lipinski definition) is 0. The van der Waals surface area contributed by atoms with Crippen LogP contribution in [-0.4, -0.2) is 0 Å². The molecule has 0 saturated carbocycles. The van der Waals surface area contributed by atoms with Gasteiger partial charge in [0.05, 0.1) is 0 Å². The Morgan fingerprint density at radius 2 is 1.77 bits per heavy atom. The molecule has 0 saturated heterocycles. The largest absolute Gasteiger partial charge is 0.0628 e. The molecule has 0 heteroatoms. The normalized spacial score (nSPS) is 10.8. The minimum absolute atomic E-state index is 0.807. The molecule has 0 amide bonds. The second-order valence-electron chi connectivity index (χ2n) is 4.35. The molecule has 0 spiro atoms. The van der Waals surface area contributed by atoms with Crippen LogP contribution in [0.2, 0.25) is 0 Å². The number of benzene rings is 1. The predicted octanol–water partition coefficient (Wildman–Crippen LogP) is 3.89. The lowest BCUT2D eigenvalue weighted by atomic mass is 9.99. The van der Waals surface area contributed by atoms with E-state index in [1.165, 1.54) is 29.5 Å². The van der Waals surface area contributed by atoms with Crippen molar-refractivity contribution in [3.8, 4) is 0 Å². The maximum atomic E-state index is 2.32. The topological polar surface area (TPSA) is 0 Å². The van der Waals surface area contributed by atoms with E-state index < -0.39 is 0 Å². The molecule has 0 nitrogen and oxygen atoms in total. The summed E-state index contributed by atoms with van der Waals surface area (Å²) in [6, 6.07) is 6.80. The third-order valence-electron chi connectivity index (χ3n) is 2.58. The molecule has 0 aromatic heterocycles. The molecule has 1 aromatic rings. The summed E-state index contributed by atoms with van der Waals surface area (Å²) in [5, 5.41) is 0. The summed E-state index contributed by atoms with van der Waals surface area (Å²) < 4.78 is 0. The smallest absolute Gasteiger partial charge is 0.0276 e. The van der Waals surface area contributed by atoms with Crippen molar-refractivity contribution in [1.29, 1.82) is 0 Å². The van der Waals surface area contributed by atoms with Gasteiger partial charge in [-0.3, -0.25) is 0 Å². The Kier molecular flexibility index (Phi) is 3.53. The summed E-state index contributed by atoms with van der Waals surface area (Å²) in [6.07, 6.45) is 2.52. The first-order valence-corrected chi connectivity index (χ1v) is 5.15. The van der Waals surface area contributed by atoms with Gasteiger partial charge in [-0.05, 0) is 49.3 Å². The molecule has 0 radical (unpaired) electrons. The van der Waals surface area contributed by atoms with Crippen LogP contribution in [-0.2, 0) is 6.42 Å². The highest BCUT2D eigenvalue weighted by molar-refractivity contribution is 5.29. The van der Waals surface area contributed by atoms with Crippen LogP contribution in [0, 0.1) is 19.8 Å². The van der Waals surface area contributed by atoms with Gasteiger partial charge in [0.1, 0.15) is 0 Å². The molecule has 0 bridgehead atoms. The average Bonchev–Trinajstić information content (AvgIpc) is 2.07. The van der Waals surface area contributed by atoms with Gasteiger partial charge in [-0.1, -0.05) is 32.0 Å². The van der Waals surface area contributed by atoms with Crippen LogP contribution >= 0.6 is 0 Å². The maximum absolute atomic E-state index is 2.32. The van der Waals surface area contributed by atoms with Crippen LogP contribution in [0.4, 0.5) is 0 Å². The van der Waals surface area contributed by atoms with E-state index in [1.54, 1.807) is 0 Å². The van der Waals surface area contributed by atoms with Gasteiger partial charge >= 0.3 is 0 Å². The Hall–Kier alpha value is -0.780. The Morgan fingerprint density at radius 3 is 2.31 bits per heavy atom. The van der Waals surface area contributed by atoms with Gasteiger partial charge in [0.25, 0.3) is 0 Å². The molecule has 1 rings (SSSR count). The van der Waals surface area contributed by atoms with Crippen molar-refractivity contribution in [2.75, 3.05) is 0 Å². The first-order chi connectivity index (χ1) is 6.09. The van der Waals surface area contributed by atoms with Gasteiger partial charge < -0.3 is 0 Å². The minimum Gasteiger partial charge on any atom is -0.0628 e. The SMILES string of the molecule is Cc1ccc(CCC(C)C)cc1C. The van der Waals surface area contributed by atoms with E-state index in [2.05, 4.69) is 45.9 Å². The van der Waals surface area contributed by atoms with E-state index in [-0.39, 0.29) is 0 Å². The third kappa shape index (κ3) is 3.22. The van der Waals surface area contributed by atoms with E-state index >= 15 is 0 Å². The lowest BCUT2D eigenvalue weighted by Crippen LogP contribution is -1.93. The summed E-state index contributed by atoms with van der Waals surface area (Å²) in [6.45, 7) is 8.91. The van der Waals surface area contributed by atoms with Crippen LogP contribution in [0.15, 0.2) is 18.2 Å². The molecule has 13 heavy (non-hydrogen) atoms. The van der Waals surface area contributed by atoms with Gasteiger partial charge in [0.15, 0.2) is 0 Å². The first-order valence-electron chi connectivity index (χ1n) is 5.15. The minimum atomic E-state index is 0.807. The van der Waals surface area contributed by atoms with Crippen LogP contribution in [0.25, 0.3) is 0 Å². The van der Waals surface area contributed by atoms with E-state index in [1.807, 2.05) is 0 Å². The Bertz CT molecular complexity index is 271. The van der Waals surface area contributed by atoms with Gasteiger partial charge in [-0.25, -0.2) is 0 Å². The second kappa shape index (κ2) is 4.45. The maximum Gasteiger partial charge on any atom is -0.0276 e. The molecule has 0 aliphatic rings. The van der Waals surface area contributed by atoms with Crippen molar-refractivity contribution in [3.63, 3.8) is 0 Å². The lowest BCUT2D eigenvalue weighted by Gasteiger charge is -2.06. The van der Waals surface area contributed by atoms with Crippen molar-refractivity contribution in [2.24, 2.45) is 5.92 Å². The number of rotatable bonds is 3. The third-order valence-corrected chi connectivity index (χ3v) is 2.58. The van der Waals surface area contributed by atoms with E-state index in [0.29, 0.717) is 0 Å². The fourth-order valence-corrected chi connectivity index (χ4v) is 1.41. The van der Waals surface area contributed by atoms with Crippen molar-refractivity contribution in [1.82, 2.24) is 0 Å². The van der Waals surface area contributed by atoms with Crippen molar-refractivity contribution in [2.45, 2.75) is 40.5 Å². The molecule has 1 aromatic carbocycles. The molecule has 0 fully saturated rings. The highest BCUT2D eigenvalue weighted by Gasteiger charge is 1.98. The van der Waals surface area contributed by atoms with E-state index in [4.69, 9.17) is 0 Å². The molecule has 0 unspecified atom stereocenters. The zero-order chi connectivity index (χ0) is 9.84. The van der Waals surface area contributed by atoms with Crippen molar-refractivity contribution in [3.05, 3.63) is 34.9 Å². The van der Waals surface area contributed by atoms with Gasteiger partial charge in [0.2, 0.25) is 0 Å². The Labute approximate surface area is 82.0 Å². The van der Waals surface area contributed by atoms with Gasteiger partial charge in [-0.2, -0.15) is 0 Å². The summed E-state index contributed by atoms with van der Waals surface area (Å²) in [4.78, 5) is 0. The zero-order valence-corrected chi connectivity index (χ0v) is 9.22. The quantitative estimate of drug-likeness (QED) is 0.655. The van der Waals surface area contributed by atoms with Crippen LogP contribution < -0.4 is 0 Å². The van der Waals surface area contributed by atoms with Crippen molar-refractivity contribution >= 4 is 0 Å². The second-order valence-corrected chi connectivity index (χ2v) is 4.35. The number of aryl methyl sites for hydroxylation is 3. The summed E-state index contributed by atoms with van der Waals surface area (Å²) in [5.74, 6) is 0.807. The Morgan fingerprint density at radius 1 is 1.08 bits per heavy atom. The lowest BCUT2D eigenvalue weighted by molar-refractivity contribution is 0.586. The molecular formula is C13H20. The van der Waals surface area contributed by atoms with Crippen LogP contribution in [0.1, 0.15) is 37.0 Å². The zero-order valence-electron chi connectivity index (χ0n) is 9.22. The van der Waals surface area contributed by atoms with Gasteiger partial charge in [-0.15, -0.1) is 0 Å². The molecule has 0 N–H and O–H groups in total. The standard InChI is InChI=1S/C13H20/c1-10(2)5-7-13-8-6-11(3)12(4)9-13/h6,8-10H,5,7H2,1-4H3. The summed E-state index contributed by atoms with van der Waals surface area (Å²) >= 11 is 0. The molecule has 0 atom stereocenters. The summed E-state index contributed by atoms with van der Waals surface area (Å²) in [5.41, 5.74) is 4.30. The van der Waals surface area contributed by atoms with E-state index in [0.717, 1.165) is 5.92 Å². The molecule has 0 aliphatic carbocycles. The van der Waals surface area contributed by atoms with E-state index in [9.17, 15) is 0 Å². The predicted molar refractivity (Wildman–Crippen MR) is 59.1 cm³/mol. The fourth-order valence-electron chi connectivity index (χ4n) is 1.41. The molecular weight excluding hydrogens is 156 g/mol. The Balaban J connectivity index is 2.63. The molecule has 0 heterocycles. The molecule has 0 aliphatic heterocycles. The summed E-state index contributed by atoms with van der Waals surface area (Å²) in [7, 11) is 0.